The number of alkyl halides is 3. The van der Waals surface area contributed by atoms with Crippen molar-refractivity contribution in [2.24, 2.45) is 5.92 Å². The Bertz CT molecular complexity index is 821. The highest BCUT2D eigenvalue weighted by atomic mass is 32.2. The number of hydrogen-bond donors (Lipinski definition) is 1. The Hall–Kier alpha value is -1.97. The first-order chi connectivity index (χ1) is 12.3. The Morgan fingerprint density at radius 2 is 2.00 bits per heavy atom. The molecule has 152 valence electrons. The lowest BCUT2D eigenvalue weighted by atomic mass is 9.85. The molecule has 1 heterocycles. The maximum Gasteiger partial charge on any atom is 0.534 e. The first-order valence-corrected chi connectivity index (χ1v) is 9.85. The van der Waals surface area contributed by atoms with Crippen molar-refractivity contribution in [1.29, 1.82) is 0 Å². The zero-order valence-corrected chi connectivity index (χ0v) is 16.0. The summed E-state index contributed by atoms with van der Waals surface area (Å²) in [5.74, 6) is -0.248. The van der Waals surface area contributed by atoms with Gasteiger partial charge >= 0.3 is 21.7 Å². The molecule has 1 aliphatic rings. The second kappa shape index (κ2) is 7.57. The third-order valence-corrected chi connectivity index (χ3v) is 5.57. The second-order valence-corrected chi connectivity index (χ2v) is 8.58. The molecule has 1 aliphatic heterocycles. The van der Waals surface area contributed by atoms with Crippen molar-refractivity contribution in [3.05, 3.63) is 28.8 Å². The molecule has 10 heteroatoms. The van der Waals surface area contributed by atoms with E-state index in [1.54, 1.807) is 6.07 Å². The second-order valence-electron chi connectivity index (χ2n) is 7.04. The van der Waals surface area contributed by atoms with Gasteiger partial charge in [-0.15, -0.1) is 0 Å². The molecule has 0 spiro atoms. The summed E-state index contributed by atoms with van der Waals surface area (Å²) in [6.07, 6.45) is -0.104. The van der Waals surface area contributed by atoms with Gasteiger partial charge in [-0.05, 0) is 48.4 Å². The number of hydrogen-bond acceptors (Lipinski definition) is 4. The van der Waals surface area contributed by atoms with Gasteiger partial charge in [0.1, 0.15) is 5.75 Å². The van der Waals surface area contributed by atoms with Crippen LogP contribution in [0.2, 0.25) is 0 Å². The van der Waals surface area contributed by atoms with Crippen LogP contribution in [0.4, 0.5) is 18.0 Å². The minimum Gasteiger partial charge on any atom is -0.465 e. The summed E-state index contributed by atoms with van der Waals surface area (Å²) in [6.45, 7) is 5.93. The monoisotopic (exact) mass is 409 g/mol. The first-order valence-electron chi connectivity index (χ1n) is 8.44. The minimum absolute atomic E-state index is 0.134. The van der Waals surface area contributed by atoms with E-state index in [1.165, 1.54) is 17.9 Å². The van der Waals surface area contributed by atoms with Gasteiger partial charge in [-0.1, -0.05) is 19.9 Å². The SMILES string of the molecule is Cc1c(OS(=O)(=O)C(F)(F)F)ccc2c1CCN(C(=O)O)CC2CC(C)C. The van der Waals surface area contributed by atoms with E-state index in [0.29, 0.717) is 12.0 Å². The van der Waals surface area contributed by atoms with Crippen LogP contribution in [-0.4, -0.2) is 43.1 Å². The normalized spacial score (nSPS) is 18.2. The molecule has 27 heavy (non-hydrogen) atoms. The fraction of sp³-hybridized carbons (Fsp3) is 0.588. The van der Waals surface area contributed by atoms with E-state index < -0.39 is 27.5 Å². The molecule has 1 unspecified atom stereocenters. The van der Waals surface area contributed by atoms with E-state index in [2.05, 4.69) is 4.18 Å². The quantitative estimate of drug-likeness (QED) is 0.603. The summed E-state index contributed by atoms with van der Waals surface area (Å²) in [5.41, 5.74) is -3.78. The minimum atomic E-state index is -5.77. The molecule has 0 fully saturated rings. The predicted octanol–water partition coefficient (Wildman–Crippen LogP) is 3.89. The van der Waals surface area contributed by atoms with Crippen LogP contribution in [0.15, 0.2) is 12.1 Å². The highest BCUT2D eigenvalue weighted by molar-refractivity contribution is 7.88. The van der Waals surface area contributed by atoms with Crippen molar-refractivity contribution >= 4 is 16.2 Å². The predicted molar refractivity (Wildman–Crippen MR) is 92.3 cm³/mol. The lowest BCUT2D eigenvalue weighted by Gasteiger charge is -2.24. The van der Waals surface area contributed by atoms with Gasteiger partial charge < -0.3 is 14.2 Å². The van der Waals surface area contributed by atoms with Crippen LogP contribution in [0.3, 0.4) is 0 Å². The van der Waals surface area contributed by atoms with Crippen molar-refractivity contribution in [1.82, 2.24) is 4.90 Å². The molecule has 1 aromatic rings. The number of amides is 1. The summed E-state index contributed by atoms with van der Waals surface area (Å²) in [6, 6.07) is 2.75. The van der Waals surface area contributed by atoms with Crippen molar-refractivity contribution < 1.29 is 35.7 Å². The Labute approximate surface area is 156 Å². The van der Waals surface area contributed by atoms with Crippen LogP contribution < -0.4 is 4.18 Å². The summed E-state index contributed by atoms with van der Waals surface area (Å²) in [4.78, 5) is 12.7. The molecule has 1 amide bonds. The molecular formula is C17H22F3NO5S. The largest absolute Gasteiger partial charge is 0.534 e. The third-order valence-electron chi connectivity index (χ3n) is 4.61. The molecule has 0 saturated carbocycles. The van der Waals surface area contributed by atoms with Crippen molar-refractivity contribution in [2.45, 2.75) is 45.0 Å². The van der Waals surface area contributed by atoms with E-state index in [4.69, 9.17) is 0 Å². The van der Waals surface area contributed by atoms with Gasteiger partial charge in [0.2, 0.25) is 0 Å². The zero-order chi connectivity index (χ0) is 20.6. The molecule has 0 aromatic heterocycles. The molecule has 0 bridgehead atoms. The van der Waals surface area contributed by atoms with E-state index >= 15 is 0 Å². The first kappa shape index (κ1) is 21.3. The smallest absolute Gasteiger partial charge is 0.465 e. The topological polar surface area (TPSA) is 83.9 Å². The highest BCUT2D eigenvalue weighted by Gasteiger charge is 2.48. The van der Waals surface area contributed by atoms with E-state index in [-0.39, 0.29) is 36.9 Å². The Morgan fingerprint density at radius 1 is 1.37 bits per heavy atom. The summed E-state index contributed by atoms with van der Waals surface area (Å²) >= 11 is 0. The number of fused-ring (bicyclic) bond motifs is 1. The van der Waals surface area contributed by atoms with Gasteiger partial charge in [-0.25, -0.2) is 4.79 Å². The van der Waals surface area contributed by atoms with Gasteiger partial charge in [-0.3, -0.25) is 0 Å². The molecule has 6 nitrogen and oxygen atoms in total. The molecule has 1 N–H and O–H groups in total. The van der Waals surface area contributed by atoms with E-state index in [1.807, 2.05) is 13.8 Å². The van der Waals surface area contributed by atoms with Crippen molar-refractivity contribution in [2.75, 3.05) is 13.1 Å². The van der Waals surface area contributed by atoms with Gasteiger partial charge in [0.25, 0.3) is 0 Å². The number of rotatable bonds is 4. The summed E-state index contributed by atoms with van der Waals surface area (Å²) < 4.78 is 64.8. The molecule has 0 aliphatic carbocycles. The Morgan fingerprint density at radius 3 is 2.52 bits per heavy atom. The van der Waals surface area contributed by atoms with Gasteiger partial charge in [0.05, 0.1) is 0 Å². The van der Waals surface area contributed by atoms with Crippen LogP contribution in [0, 0.1) is 12.8 Å². The van der Waals surface area contributed by atoms with Crippen LogP contribution in [0.5, 0.6) is 5.75 Å². The molecular weight excluding hydrogens is 387 g/mol. The van der Waals surface area contributed by atoms with Crippen molar-refractivity contribution in [3.8, 4) is 5.75 Å². The van der Waals surface area contributed by atoms with Crippen LogP contribution in [0.1, 0.15) is 42.9 Å². The lowest BCUT2D eigenvalue weighted by Crippen LogP contribution is -2.33. The number of carbonyl (C=O) groups is 1. The number of benzene rings is 1. The highest BCUT2D eigenvalue weighted by Crippen LogP contribution is 2.37. The fourth-order valence-electron chi connectivity index (χ4n) is 3.37. The lowest BCUT2D eigenvalue weighted by molar-refractivity contribution is -0.0500. The van der Waals surface area contributed by atoms with Gasteiger partial charge in [0.15, 0.2) is 0 Å². The number of carboxylic acid groups (broad SMARTS) is 1. The third kappa shape index (κ3) is 4.66. The van der Waals surface area contributed by atoms with Crippen molar-refractivity contribution in [3.63, 3.8) is 0 Å². The van der Waals surface area contributed by atoms with Crippen LogP contribution in [-0.2, 0) is 16.5 Å². The van der Waals surface area contributed by atoms with Gasteiger partial charge in [0, 0.05) is 19.0 Å². The number of halogens is 3. The molecule has 2 rings (SSSR count). The average molecular weight is 409 g/mol. The molecule has 1 atom stereocenters. The van der Waals surface area contributed by atoms with Crippen LogP contribution >= 0.6 is 0 Å². The maximum atomic E-state index is 12.6. The van der Waals surface area contributed by atoms with Gasteiger partial charge in [-0.2, -0.15) is 21.6 Å². The zero-order valence-electron chi connectivity index (χ0n) is 15.2. The molecule has 1 aromatic carbocycles. The average Bonchev–Trinajstić information content (AvgIpc) is 2.69. The van der Waals surface area contributed by atoms with E-state index in [0.717, 1.165) is 5.56 Å². The Kier molecular flexibility index (Phi) is 5.98. The molecule has 0 saturated heterocycles. The Balaban J connectivity index is 2.47. The summed E-state index contributed by atoms with van der Waals surface area (Å²) in [7, 11) is -5.77. The fourth-order valence-corrected chi connectivity index (χ4v) is 3.88. The summed E-state index contributed by atoms with van der Waals surface area (Å²) in [5, 5.41) is 9.36. The number of nitrogens with zero attached hydrogens (tertiary/aromatic N) is 1. The van der Waals surface area contributed by atoms with E-state index in [9.17, 15) is 31.5 Å². The standard InChI is InChI=1S/C17H22F3NO5S/c1-10(2)8-12-9-21(16(22)23)7-6-13-11(3)15(5-4-14(12)13)26-27(24,25)17(18,19)20/h4-5,10,12H,6-9H2,1-3H3,(H,22,23). The molecule has 0 radical (unpaired) electrons. The maximum absolute atomic E-state index is 12.6. The van der Waals surface area contributed by atoms with Crippen LogP contribution in [0.25, 0.3) is 0 Å².